The Morgan fingerprint density at radius 2 is 2.03 bits per heavy atom. The number of hydrogen-bond acceptors (Lipinski definition) is 5. The molecule has 0 saturated carbocycles. The van der Waals surface area contributed by atoms with Crippen molar-refractivity contribution in [2.45, 2.75) is 52.4 Å². The van der Waals surface area contributed by atoms with Gasteiger partial charge in [0.1, 0.15) is 5.82 Å². The molecule has 0 bridgehead atoms. The van der Waals surface area contributed by atoms with Crippen molar-refractivity contribution in [1.29, 1.82) is 0 Å². The maximum Gasteiger partial charge on any atom is 0.242 e. The monoisotopic (exact) mass is 433 g/mol. The molecule has 0 aliphatic carbocycles. The highest BCUT2D eigenvalue weighted by Crippen LogP contribution is 2.18. The van der Waals surface area contributed by atoms with Gasteiger partial charge in [0.05, 0.1) is 30.5 Å². The number of aryl methyl sites for hydroxylation is 2. The summed E-state index contributed by atoms with van der Waals surface area (Å²) in [6.07, 6.45) is 0.649. The van der Waals surface area contributed by atoms with Gasteiger partial charge in [0, 0.05) is 30.4 Å². The molecule has 2 heterocycles. The topological polar surface area (TPSA) is 62.7 Å². The number of nitrogens with zero attached hydrogens (tertiary/aromatic N) is 3. The number of amides is 2. The largest absolute Gasteiger partial charge is 0.370 e. The van der Waals surface area contributed by atoms with Gasteiger partial charge in [-0.2, -0.15) is 0 Å². The second-order valence-corrected chi connectivity index (χ2v) is 8.77. The van der Waals surface area contributed by atoms with Crippen molar-refractivity contribution in [3.63, 3.8) is 0 Å². The maximum absolute atomic E-state index is 13.1. The van der Waals surface area contributed by atoms with Gasteiger partial charge in [-0.1, -0.05) is 12.1 Å². The van der Waals surface area contributed by atoms with E-state index >= 15 is 0 Å². The highest BCUT2D eigenvalue weighted by molar-refractivity contribution is 7.09. The molecule has 0 unspecified atom stereocenters. The minimum absolute atomic E-state index is 0.0179. The Balaban J connectivity index is 1.66. The summed E-state index contributed by atoms with van der Waals surface area (Å²) in [5.74, 6) is -0.421. The molecule has 1 aromatic heterocycles. The maximum atomic E-state index is 13.1. The van der Waals surface area contributed by atoms with Crippen LogP contribution >= 0.6 is 11.3 Å². The molecule has 0 spiro atoms. The molecule has 1 aliphatic heterocycles. The van der Waals surface area contributed by atoms with Crippen molar-refractivity contribution in [2.75, 3.05) is 19.6 Å². The Hall–Kier alpha value is -2.32. The van der Waals surface area contributed by atoms with E-state index in [0.717, 1.165) is 16.1 Å². The lowest BCUT2D eigenvalue weighted by atomic mass is 10.2. The normalized spacial score (nSPS) is 17.5. The van der Waals surface area contributed by atoms with E-state index in [1.807, 2.05) is 20.8 Å². The number of benzene rings is 1. The first-order valence-corrected chi connectivity index (χ1v) is 11.0. The van der Waals surface area contributed by atoms with E-state index in [1.54, 1.807) is 38.8 Å². The van der Waals surface area contributed by atoms with Crippen LogP contribution in [0.15, 0.2) is 29.8 Å². The molecule has 0 radical (unpaired) electrons. The first kappa shape index (κ1) is 22.4. The van der Waals surface area contributed by atoms with Crippen LogP contribution < -0.4 is 0 Å². The summed E-state index contributed by atoms with van der Waals surface area (Å²) in [7, 11) is 0. The van der Waals surface area contributed by atoms with Crippen LogP contribution in [0.4, 0.5) is 4.39 Å². The standard InChI is InChI=1S/C22H28FN3O3S/c1-15(2)26-11-19(29-13-17-4-6-18(23)7-5-17)10-25(12-22(26)28)21(27)9-8-20-16(3)24-14-30-20/h4-7,14-15,19H,8-13H2,1-3H3/t19-/m1/s1. The average molecular weight is 434 g/mol. The zero-order chi connectivity index (χ0) is 21.7. The Kier molecular flexibility index (Phi) is 7.55. The number of carbonyl (C=O) groups excluding carboxylic acids is 2. The summed E-state index contributed by atoms with van der Waals surface area (Å²) < 4.78 is 19.2. The smallest absolute Gasteiger partial charge is 0.242 e. The predicted octanol–water partition coefficient (Wildman–Crippen LogP) is 3.19. The molecule has 1 atom stereocenters. The zero-order valence-electron chi connectivity index (χ0n) is 17.6. The van der Waals surface area contributed by atoms with Crippen LogP contribution in [0.3, 0.4) is 0 Å². The SMILES string of the molecule is Cc1ncsc1CCC(=O)N1CC(=O)N(C(C)C)C[C@H](OCc2ccc(F)cc2)C1. The Morgan fingerprint density at radius 1 is 1.30 bits per heavy atom. The number of ether oxygens (including phenoxy) is 1. The molecule has 6 nitrogen and oxygen atoms in total. The molecule has 162 valence electrons. The van der Waals surface area contributed by atoms with Gasteiger partial charge in [0.25, 0.3) is 0 Å². The van der Waals surface area contributed by atoms with E-state index < -0.39 is 0 Å². The number of carbonyl (C=O) groups is 2. The van der Waals surface area contributed by atoms with Gasteiger partial charge < -0.3 is 14.5 Å². The molecule has 3 rings (SSSR count). The summed E-state index contributed by atoms with van der Waals surface area (Å²) in [4.78, 5) is 34.3. The van der Waals surface area contributed by atoms with Crippen LogP contribution in [0.2, 0.25) is 0 Å². The Labute approximate surface area is 180 Å². The van der Waals surface area contributed by atoms with Crippen molar-refractivity contribution in [1.82, 2.24) is 14.8 Å². The molecule has 1 fully saturated rings. The predicted molar refractivity (Wildman–Crippen MR) is 114 cm³/mol. The van der Waals surface area contributed by atoms with Crippen LogP contribution in [0.5, 0.6) is 0 Å². The highest BCUT2D eigenvalue weighted by Gasteiger charge is 2.32. The minimum Gasteiger partial charge on any atom is -0.370 e. The fourth-order valence-corrected chi connectivity index (χ4v) is 4.26. The molecule has 30 heavy (non-hydrogen) atoms. The third-order valence-corrected chi connectivity index (χ3v) is 6.25. The van der Waals surface area contributed by atoms with Crippen molar-refractivity contribution < 1.29 is 18.7 Å². The van der Waals surface area contributed by atoms with Gasteiger partial charge in [-0.15, -0.1) is 11.3 Å². The fourth-order valence-electron chi connectivity index (χ4n) is 3.48. The summed E-state index contributed by atoms with van der Waals surface area (Å²) in [6.45, 7) is 7.00. The van der Waals surface area contributed by atoms with Gasteiger partial charge in [-0.05, 0) is 44.9 Å². The van der Waals surface area contributed by atoms with E-state index in [0.29, 0.717) is 32.5 Å². The van der Waals surface area contributed by atoms with Crippen LogP contribution in [-0.2, 0) is 27.4 Å². The lowest BCUT2D eigenvalue weighted by molar-refractivity contribution is -0.139. The quantitative estimate of drug-likeness (QED) is 0.673. The molecule has 1 aliphatic rings. The lowest BCUT2D eigenvalue weighted by Gasteiger charge is -2.27. The molecular formula is C22H28FN3O3S. The average Bonchev–Trinajstić information content (AvgIpc) is 3.04. The third kappa shape index (κ3) is 5.86. The molecule has 1 saturated heterocycles. The summed E-state index contributed by atoms with van der Waals surface area (Å²) >= 11 is 1.55. The summed E-state index contributed by atoms with van der Waals surface area (Å²) in [5, 5.41) is 0. The molecule has 2 aromatic rings. The molecule has 8 heteroatoms. The van der Waals surface area contributed by atoms with Crippen LogP contribution in [0.1, 0.15) is 36.4 Å². The van der Waals surface area contributed by atoms with E-state index in [4.69, 9.17) is 4.74 Å². The molecule has 0 N–H and O–H groups in total. The van der Waals surface area contributed by atoms with Gasteiger partial charge in [0.15, 0.2) is 0 Å². The van der Waals surface area contributed by atoms with E-state index in [-0.39, 0.29) is 36.3 Å². The second kappa shape index (κ2) is 10.1. The van der Waals surface area contributed by atoms with Gasteiger partial charge in [-0.25, -0.2) is 9.37 Å². The summed E-state index contributed by atoms with van der Waals surface area (Å²) in [6, 6.07) is 6.17. The molecule has 1 aromatic carbocycles. The molecular weight excluding hydrogens is 405 g/mol. The van der Waals surface area contributed by atoms with Gasteiger partial charge in [-0.3, -0.25) is 9.59 Å². The molecule has 2 amide bonds. The Bertz CT molecular complexity index is 869. The number of halogens is 1. The van der Waals surface area contributed by atoms with E-state index in [9.17, 15) is 14.0 Å². The van der Waals surface area contributed by atoms with Gasteiger partial charge in [0.2, 0.25) is 11.8 Å². The Morgan fingerprint density at radius 3 is 2.67 bits per heavy atom. The van der Waals surface area contributed by atoms with Crippen LogP contribution in [-0.4, -0.2) is 58.4 Å². The number of hydrogen-bond donors (Lipinski definition) is 0. The van der Waals surface area contributed by atoms with Crippen molar-refractivity contribution >= 4 is 23.2 Å². The minimum atomic E-state index is -0.307. The number of rotatable bonds is 7. The van der Waals surface area contributed by atoms with Crippen molar-refractivity contribution in [3.8, 4) is 0 Å². The third-order valence-electron chi connectivity index (χ3n) is 5.26. The number of aromatic nitrogens is 1. The number of thiazole rings is 1. The van der Waals surface area contributed by atoms with Crippen molar-refractivity contribution in [2.24, 2.45) is 0 Å². The second-order valence-electron chi connectivity index (χ2n) is 7.83. The van der Waals surface area contributed by atoms with Crippen LogP contribution in [0, 0.1) is 12.7 Å². The van der Waals surface area contributed by atoms with Crippen molar-refractivity contribution in [3.05, 3.63) is 51.7 Å². The van der Waals surface area contributed by atoms with E-state index in [1.165, 1.54) is 12.1 Å². The first-order valence-electron chi connectivity index (χ1n) is 10.2. The fraction of sp³-hybridized carbons (Fsp3) is 0.500. The van der Waals surface area contributed by atoms with Crippen LogP contribution in [0.25, 0.3) is 0 Å². The summed E-state index contributed by atoms with van der Waals surface area (Å²) in [5.41, 5.74) is 3.58. The lowest BCUT2D eigenvalue weighted by Crippen LogP contribution is -2.42. The van der Waals surface area contributed by atoms with E-state index in [2.05, 4.69) is 4.98 Å². The first-order chi connectivity index (χ1) is 14.3. The zero-order valence-corrected chi connectivity index (χ0v) is 18.5. The van der Waals surface area contributed by atoms with Gasteiger partial charge >= 0.3 is 0 Å². The highest BCUT2D eigenvalue weighted by atomic mass is 32.1.